The van der Waals surface area contributed by atoms with Crippen LogP contribution >= 0.6 is 11.6 Å². The summed E-state index contributed by atoms with van der Waals surface area (Å²) in [6, 6.07) is 22.2. The summed E-state index contributed by atoms with van der Waals surface area (Å²) in [5, 5.41) is 0.467. The highest BCUT2D eigenvalue weighted by Crippen LogP contribution is 2.24. The molecular formula is C22H21ClN2O3S. The maximum absolute atomic E-state index is 12.8. The maximum atomic E-state index is 12.8. The number of carbonyl (C=O) groups is 1. The molecule has 0 spiro atoms. The van der Waals surface area contributed by atoms with E-state index in [2.05, 4.69) is 0 Å². The van der Waals surface area contributed by atoms with Crippen LogP contribution < -0.4 is 4.31 Å². The van der Waals surface area contributed by atoms with E-state index in [4.69, 9.17) is 11.6 Å². The van der Waals surface area contributed by atoms with Crippen LogP contribution in [0.4, 0.5) is 5.69 Å². The fourth-order valence-electron chi connectivity index (χ4n) is 2.87. The molecule has 0 heterocycles. The van der Waals surface area contributed by atoms with Gasteiger partial charge in [-0.15, -0.1) is 0 Å². The number of rotatable bonds is 6. The fraction of sp³-hybridized carbons (Fsp3) is 0.136. The lowest BCUT2D eigenvalue weighted by molar-refractivity contribution is 0.0785. The highest BCUT2D eigenvalue weighted by Gasteiger charge is 2.21. The first-order valence-electron chi connectivity index (χ1n) is 8.93. The highest BCUT2D eigenvalue weighted by atomic mass is 35.5. The minimum Gasteiger partial charge on any atom is -0.337 e. The molecule has 0 radical (unpaired) electrons. The minimum absolute atomic E-state index is 0.136. The van der Waals surface area contributed by atoms with Crippen molar-refractivity contribution < 1.29 is 13.2 Å². The first kappa shape index (κ1) is 20.9. The Hall–Kier alpha value is -2.83. The van der Waals surface area contributed by atoms with Crippen molar-refractivity contribution in [3.05, 3.63) is 95.0 Å². The van der Waals surface area contributed by atoms with Gasteiger partial charge < -0.3 is 4.90 Å². The SMILES string of the molecule is CN(Cc1ccccc1)C(=O)c1ccc(N(C)S(=O)(=O)c2ccc(Cl)cc2)cc1. The van der Waals surface area contributed by atoms with Crippen molar-refractivity contribution in [2.45, 2.75) is 11.4 Å². The molecule has 0 aliphatic carbocycles. The molecule has 0 aliphatic heterocycles. The number of hydrogen-bond donors (Lipinski definition) is 0. The Kier molecular flexibility index (Phi) is 6.25. The molecular weight excluding hydrogens is 408 g/mol. The molecule has 0 N–H and O–H groups in total. The van der Waals surface area contributed by atoms with E-state index in [-0.39, 0.29) is 10.8 Å². The monoisotopic (exact) mass is 428 g/mol. The summed E-state index contributed by atoms with van der Waals surface area (Å²) in [7, 11) is -0.509. The first-order chi connectivity index (χ1) is 13.8. The Morgan fingerprint density at radius 1 is 0.862 bits per heavy atom. The van der Waals surface area contributed by atoms with E-state index < -0.39 is 10.0 Å². The van der Waals surface area contributed by atoms with E-state index in [0.29, 0.717) is 22.8 Å². The molecule has 0 unspecified atom stereocenters. The molecule has 29 heavy (non-hydrogen) atoms. The number of hydrogen-bond acceptors (Lipinski definition) is 3. The molecule has 3 aromatic carbocycles. The van der Waals surface area contributed by atoms with Gasteiger partial charge in [0.15, 0.2) is 0 Å². The van der Waals surface area contributed by atoms with Crippen LogP contribution in [0.2, 0.25) is 5.02 Å². The standard InChI is InChI=1S/C22H21ClN2O3S/c1-24(16-17-6-4-3-5-7-17)22(26)18-8-12-20(13-9-18)25(2)29(27,28)21-14-10-19(23)11-15-21/h3-15H,16H2,1-2H3. The highest BCUT2D eigenvalue weighted by molar-refractivity contribution is 7.92. The fourth-order valence-corrected chi connectivity index (χ4v) is 4.19. The van der Waals surface area contributed by atoms with Crippen molar-refractivity contribution >= 4 is 33.2 Å². The van der Waals surface area contributed by atoms with Crippen molar-refractivity contribution in [2.24, 2.45) is 0 Å². The number of sulfonamides is 1. The van der Waals surface area contributed by atoms with Gasteiger partial charge in [0.05, 0.1) is 10.6 Å². The molecule has 0 bridgehead atoms. The Morgan fingerprint density at radius 3 is 2.03 bits per heavy atom. The van der Waals surface area contributed by atoms with Gasteiger partial charge in [0.2, 0.25) is 0 Å². The van der Waals surface area contributed by atoms with Crippen LogP contribution in [0.3, 0.4) is 0 Å². The third kappa shape index (κ3) is 4.78. The average Bonchev–Trinajstić information content (AvgIpc) is 2.73. The zero-order valence-corrected chi connectivity index (χ0v) is 17.7. The molecule has 0 atom stereocenters. The molecule has 0 aromatic heterocycles. The molecule has 0 saturated carbocycles. The van der Waals surface area contributed by atoms with E-state index in [1.807, 2.05) is 30.3 Å². The molecule has 0 aliphatic rings. The summed E-state index contributed by atoms with van der Waals surface area (Å²) in [5.41, 5.74) is 1.99. The second-order valence-electron chi connectivity index (χ2n) is 6.62. The molecule has 0 saturated heterocycles. The van der Waals surface area contributed by atoms with Gasteiger partial charge in [-0.25, -0.2) is 8.42 Å². The minimum atomic E-state index is -3.72. The third-order valence-corrected chi connectivity index (χ3v) is 6.61. The molecule has 3 aromatic rings. The summed E-state index contributed by atoms with van der Waals surface area (Å²) in [5.74, 6) is -0.136. The smallest absolute Gasteiger partial charge is 0.264 e. The normalized spacial score (nSPS) is 11.1. The van der Waals surface area contributed by atoms with Gasteiger partial charge in [0.25, 0.3) is 15.9 Å². The van der Waals surface area contributed by atoms with Gasteiger partial charge in [-0.05, 0) is 54.1 Å². The van der Waals surface area contributed by atoms with Crippen molar-refractivity contribution in [3.63, 3.8) is 0 Å². The molecule has 150 valence electrons. The molecule has 1 amide bonds. The molecule has 5 nitrogen and oxygen atoms in total. The molecule has 7 heteroatoms. The van der Waals surface area contributed by atoms with E-state index in [1.54, 1.807) is 36.2 Å². The van der Waals surface area contributed by atoms with Gasteiger partial charge in [-0.3, -0.25) is 9.10 Å². The number of halogens is 1. The van der Waals surface area contributed by atoms with Crippen LogP contribution in [-0.2, 0) is 16.6 Å². The van der Waals surface area contributed by atoms with Gasteiger partial charge in [-0.2, -0.15) is 0 Å². The van der Waals surface area contributed by atoms with E-state index in [1.165, 1.54) is 35.6 Å². The number of anilines is 1. The third-order valence-electron chi connectivity index (χ3n) is 4.56. The van der Waals surface area contributed by atoms with Crippen LogP contribution in [0.1, 0.15) is 15.9 Å². The lowest BCUT2D eigenvalue weighted by Crippen LogP contribution is -2.27. The summed E-state index contributed by atoms with van der Waals surface area (Å²) >= 11 is 5.84. The lowest BCUT2D eigenvalue weighted by Gasteiger charge is -2.21. The summed E-state index contributed by atoms with van der Waals surface area (Å²) in [6.07, 6.45) is 0. The Bertz CT molecular complexity index is 1080. The summed E-state index contributed by atoms with van der Waals surface area (Å²) in [4.78, 5) is 14.4. The topological polar surface area (TPSA) is 57.7 Å². The van der Waals surface area contributed by atoms with Gasteiger partial charge in [-0.1, -0.05) is 41.9 Å². The first-order valence-corrected chi connectivity index (χ1v) is 10.7. The number of carbonyl (C=O) groups excluding carboxylic acids is 1. The zero-order chi connectivity index (χ0) is 21.0. The van der Waals surface area contributed by atoms with Gasteiger partial charge >= 0.3 is 0 Å². The van der Waals surface area contributed by atoms with Crippen molar-refractivity contribution in [2.75, 3.05) is 18.4 Å². The quantitative estimate of drug-likeness (QED) is 0.583. The lowest BCUT2D eigenvalue weighted by atomic mass is 10.1. The second kappa shape index (κ2) is 8.68. The zero-order valence-electron chi connectivity index (χ0n) is 16.1. The van der Waals surface area contributed by atoms with Crippen LogP contribution in [0.15, 0.2) is 83.8 Å². The Morgan fingerprint density at radius 2 is 1.45 bits per heavy atom. The van der Waals surface area contributed by atoms with Crippen LogP contribution in [0.25, 0.3) is 0 Å². The van der Waals surface area contributed by atoms with Crippen LogP contribution in [-0.4, -0.2) is 33.3 Å². The predicted octanol–water partition coefficient (Wildman–Crippen LogP) is 4.44. The average molecular weight is 429 g/mol. The van der Waals surface area contributed by atoms with E-state index >= 15 is 0 Å². The Labute approximate surface area is 176 Å². The Balaban J connectivity index is 1.75. The number of benzene rings is 3. The molecule has 3 rings (SSSR count). The van der Waals surface area contributed by atoms with E-state index in [9.17, 15) is 13.2 Å². The summed E-state index contributed by atoms with van der Waals surface area (Å²) in [6.45, 7) is 0.492. The van der Waals surface area contributed by atoms with Crippen molar-refractivity contribution in [1.82, 2.24) is 4.90 Å². The van der Waals surface area contributed by atoms with Crippen LogP contribution in [0.5, 0.6) is 0 Å². The van der Waals surface area contributed by atoms with Gasteiger partial charge in [0, 0.05) is 31.2 Å². The van der Waals surface area contributed by atoms with Gasteiger partial charge in [0.1, 0.15) is 0 Å². The van der Waals surface area contributed by atoms with Crippen molar-refractivity contribution in [1.29, 1.82) is 0 Å². The summed E-state index contributed by atoms with van der Waals surface area (Å²) < 4.78 is 26.7. The maximum Gasteiger partial charge on any atom is 0.264 e. The predicted molar refractivity (Wildman–Crippen MR) is 116 cm³/mol. The van der Waals surface area contributed by atoms with E-state index in [0.717, 1.165) is 5.56 Å². The second-order valence-corrected chi connectivity index (χ2v) is 9.03. The largest absolute Gasteiger partial charge is 0.337 e. The number of amides is 1. The number of nitrogens with zero attached hydrogens (tertiary/aromatic N) is 2. The van der Waals surface area contributed by atoms with Crippen LogP contribution in [0, 0.1) is 0 Å². The van der Waals surface area contributed by atoms with Crippen molar-refractivity contribution in [3.8, 4) is 0 Å². The molecule has 0 fully saturated rings.